The number of halogens is 1. The molecule has 0 spiro atoms. The van der Waals surface area contributed by atoms with E-state index in [1.807, 2.05) is 6.07 Å². The first-order valence-corrected chi connectivity index (χ1v) is 11.9. The molecular weight excluding hydrogens is 442 g/mol. The van der Waals surface area contributed by atoms with Crippen LogP contribution in [0.25, 0.3) is 0 Å². The zero-order chi connectivity index (χ0) is 18.9. The maximum absolute atomic E-state index is 13.2. The SMILES string of the molecule is O=S1(=O)C[C@H](O)[C@@H](N(Cc2ccccc2)S(=O)(=O)c2ccc(Br)cc2)C1. The van der Waals surface area contributed by atoms with Crippen molar-refractivity contribution in [2.75, 3.05) is 11.5 Å². The largest absolute Gasteiger partial charge is 0.390 e. The number of aliphatic hydroxyl groups excluding tert-OH is 1. The van der Waals surface area contributed by atoms with E-state index < -0.39 is 43.5 Å². The molecule has 1 aliphatic rings. The normalized spacial score (nSPS) is 22.6. The lowest BCUT2D eigenvalue weighted by molar-refractivity contribution is 0.125. The summed E-state index contributed by atoms with van der Waals surface area (Å²) < 4.78 is 52.1. The van der Waals surface area contributed by atoms with Crippen molar-refractivity contribution in [2.24, 2.45) is 0 Å². The molecule has 9 heteroatoms. The summed E-state index contributed by atoms with van der Waals surface area (Å²) in [6, 6.07) is 14.0. The van der Waals surface area contributed by atoms with E-state index in [-0.39, 0.29) is 11.4 Å². The van der Waals surface area contributed by atoms with Crippen LogP contribution in [-0.4, -0.2) is 49.9 Å². The van der Waals surface area contributed by atoms with Gasteiger partial charge in [0.15, 0.2) is 9.84 Å². The Hall–Kier alpha value is -1.26. The van der Waals surface area contributed by atoms with Crippen LogP contribution in [0.1, 0.15) is 5.56 Å². The Bertz CT molecular complexity index is 976. The molecule has 1 aliphatic heterocycles. The van der Waals surface area contributed by atoms with E-state index in [1.165, 1.54) is 12.1 Å². The molecule has 1 fully saturated rings. The highest BCUT2D eigenvalue weighted by Crippen LogP contribution is 2.28. The maximum Gasteiger partial charge on any atom is 0.243 e. The molecule has 0 bridgehead atoms. The van der Waals surface area contributed by atoms with E-state index >= 15 is 0 Å². The van der Waals surface area contributed by atoms with Crippen LogP contribution < -0.4 is 0 Å². The van der Waals surface area contributed by atoms with E-state index in [1.54, 1.807) is 36.4 Å². The van der Waals surface area contributed by atoms with Gasteiger partial charge in [0.2, 0.25) is 10.0 Å². The molecule has 2 aromatic carbocycles. The molecular formula is C17H18BrNO5S2. The number of sulfone groups is 1. The second-order valence-electron chi connectivity index (χ2n) is 6.20. The number of nitrogens with zero attached hydrogens (tertiary/aromatic N) is 1. The van der Waals surface area contributed by atoms with Crippen molar-refractivity contribution in [1.29, 1.82) is 0 Å². The highest BCUT2D eigenvalue weighted by Gasteiger charge is 2.44. The van der Waals surface area contributed by atoms with E-state index in [9.17, 15) is 21.9 Å². The van der Waals surface area contributed by atoms with Gasteiger partial charge < -0.3 is 5.11 Å². The number of aliphatic hydroxyl groups is 1. The highest BCUT2D eigenvalue weighted by atomic mass is 79.9. The molecule has 0 unspecified atom stereocenters. The highest BCUT2D eigenvalue weighted by molar-refractivity contribution is 9.10. The molecule has 26 heavy (non-hydrogen) atoms. The third kappa shape index (κ3) is 4.17. The van der Waals surface area contributed by atoms with Crippen LogP contribution in [0, 0.1) is 0 Å². The minimum atomic E-state index is -3.99. The average molecular weight is 460 g/mol. The Morgan fingerprint density at radius 3 is 2.19 bits per heavy atom. The standard InChI is InChI=1S/C17H18BrNO5S2/c18-14-6-8-15(9-7-14)26(23,24)19(10-13-4-2-1-3-5-13)16-11-25(21,22)12-17(16)20/h1-9,16-17,20H,10-12H2/t16-,17-/m0/s1. The summed E-state index contributed by atoms with van der Waals surface area (Å²) in [6.07, 6.45) is -1.26. The summed E-state index contributed by atoms with van der Waals surface area (Å²) in [5, 5.41) is 10.2. The summed E-state index contributed by atoms with van der Waals surface area (Å²) in [6.45, 7) is -0.0174. The van der Waals surface area contributed by atoms with Crippen LogP contribution in [-0.2, 0) is 26.4 Å². The van der Waals surface area contributed by atoms with Gasteiger partial charge in [-0.05, 0) is 29.8 Å². The fourth-order valence-corrected chi connectivity index (χ4v) is 6.77. The Balaban J connectivity index is 2.04. The van der Waals surface area contributed by atoms with Crippen molar-refractivity contribution in [2.45, 2.75) is 23.6 Å². The van der Waals surface area contributed by atoms with Gasteiger partial charge in [-0.2, -0.15) is 4.31 Å². The van der Waals surface area contributed by atoms with Crippen LogP contribution >= 0.6 is 15.9 Å². The second-order valence-corrected chi connectivity index (χ2v) is 11.2. The Morgan fingerprint density at radius 1 is 1.04 bits per heavy atom. The number of benzene rings is 2. The van der Waals surface area contributed by atoms with Gasteiger partial charge in [0, 0.05) is 11.0 Å². The molecule has 1 heterocycles. The summed E-state index contributed by atoms with van der Waals surface area (Å²) in [7, 11) is -7.49. The van der Waals surface area contributed by atoms with Crippen LogP contribution in [0.15, 0.2) is 64.0 Å². The molecule has 2 atom stereocenters. The fraction of sp³-hybridized carbons (Fsp3) is 0.294. The minimum Gasteiger partial charge on any atom is -0.390 e. The minimum absolute atomic E-state index is 0.0174. The lowest BCUT2D eigenvalue weighted by Crippen LogP contribution is -2.46. The molecule has 0 aliphatic carbocycles. The fourth-order valence-electron chi connectivity index (χ4n) is 2.97. The Morgan fingerprint density at radius 2 is 1.65 bits per heavy atom. The van der Waals surface area contributed by atoms with Crippen molar-refractivity contribution in [3.8, 4) is 0 Å². The van der Waals surface area contributed by atoms with Crippen molar-refractivity contribution in [3.05, 3.63) is 64.6 Å². The van der Waals surface area contributed by atoms with Gasteiger partial charge in [-0.3, -0.25) is 0 Å². The average Bonchev–Trinajstić information content (AvgIpc) is 2.86. The number of hydrogen-bond donors (Lipinski definition) is 1. The summed E-state index contributed by atoms with van der Waals surface area (Å²) >= 11 is 3.27. The molecule has 0 amide bonds. The Labute approximate surface area is 161 Å². The van der Waals surface area contributed by atoms with Gasteiger partial charge in [-0.25, -0.2) is 16.8 Å². The predicted molar refractivity (Wildman–Crippen MR) is 102 cm³/mol. The van der Waals surface area contributed by atoms with Crippen molar-refractivity contribution in [1.82, 2.24) is 4.31 Å². The van der Waals surface area contributed by atoms with Crippen LogP contribution in [0.5, 0.6) is 0 Å². The van der Waals surface area contributed by atoms with Crippen LogP contribution in [0.3, 0.4) is 0 Å². The van der Waals surface area contributed by atoms with E-state index in [2.05, 4.69) is 15.9 Å². The zero-order valence-electron chi connectivity index (χ0n) is 13.7. The first-order chi connectivity index (χ1) is 12.2. The van der Waals surface area contributed by atoms with Gasteiger partial charge >= 0.3 is 0 Å². The van der Waals surface area contributed by atoms with E-state index in [4.69, 9.17) is 0 Å². The topological polar surface area (TPSA) is 91.8 Å². The van der Waals surface area contributed by atoms with Gasteiger partial charge in [-0.1, -0.05) is 46.3 Å². The summed E-state index contributed by atoms with van der Waals surface area (Å²) in [4.78, 5) is 0.0492. The third-order valence-electron chi connectivity index (χ3n) is 4.26. The summed E-state index contributed by atoms with van der Waals surface area (Å²) in [5.41, 5.74) is 0.713. The van der Waals surface area contributed by atoms with Crippen molar-refractivity contribution in [3.63, 3.8) is 0 Å². The third-order valence-corrected chi connectivity index (χ3v) is 8.38. The lowest BCUT2D eigenvalue weighted by Gasteiger charge is -2.29. The van der Waals surface area contributed by atoms with Crippen molar-refractivity contribution < 1.29 is 21.9 Å². The van der Waals surface area contributed by atoms with Crippen LogP contribution in [0.4, 0.5) is 0 Å². The van der Waals surface area contributed by atoms with Gasteiger partial charge in [0.25, 0.3) is 0 Å². The van der Waals surface area contributed by atoms with Crippen molar-refractivity contribution >= 4 is 35.8 Å². The van der Waals surface area contributed by atoms with Gasteiger partial charge in [-0.15, -0.1) is 0 Å². The smallest absolute Gasteiger partial charge is 0.243 e. The Kier molecular flexibility index (Phi) is 5.55. The molecule has 6 nitrogen and oxygen atoms in total. The maximum atomic E-state index is 13.2. The molecule has 140 valence electrons. The van der Waals surface area contributed by atoms with Crippen LogP contribution in [0.2, 0.25) is 0 Å². The zero-order valence-corrected chi connectivity index (χ0v) is 16.9. The first kappa shape index (κ1) is 19.5. The molecule has 2 aromatic rings. The number of hydrogen-bond acceptors (Lipinski definition) is 5. The molecule has 3 rings (SSSR count). The quantitative estimate of drug-likeness (QED) is 0.735. The second kappa shape index (κ2) is 7.40. The molecule has 0 aromatic heterocycles. The molecule has 0 saturated carbocycles. The molecule has 1 N–H and O–H groups in total. The monoisotopic (exact) mass is 459 g/mol. The lowest BCUT2D eigenvalue weighted by atomic mass is 10.2. The summed E-state index contributed by atoms with van der Waals surface area (Å²) in [5.74, 6) is -0.824. The number of sulfonamides is 1. The molecule has 1 saturated heterocycles. The van der Waals surface area contributed by atoms with Gasteiger partial charge in [0.05, 0.1) is 28.5 Å². The number of rotatable bonds is 5. The van der Waals surface area contributed by atoms with E-state index in [0.29, 0.717) is 5.56 Å². The molecule has 0 radical (unpaired) electrons. The van der Waals surface area contributed by atoms with Gasteiger partial charge in [0.1, 0.15) is 0 Å². The van der Waals surface area contributed by atoms with E-state index in [0.717, 1.165) is 8.78 Å². The first-order valence-electron chi connectivity index (χ1n) is 7.89. The predicted octanol–water partition coefficient (Wildman–Crippen LogP) is 1.80.